The molecule has 7 heteroatoms. The minimum Gasteiger partial charge on any atom is -0.426 e. The van der Waals surface area contributed by atoms with Crippen LogP contribution in [0.25, 0.3) is 0 Å². The first-order chi connectivity index (χ1) is 13.5. The highest BCUT2D eigenvalue weighted by molar-refractivity contribution is 8.14. The van der Waals surface area contributed by atoms with E-state index in [1.807, 2.05) is 0 Å². The van der Waals surface area contributed by atoms with Crippen LogP contribution in [0.4, 0.5) is 0 Å². The number of carbonyl (C=O) groups is 3. The van der Waals surface area contributed by atoms with Crippen LogP contribution in [0.3, 0.4) is 0 Å². The lowest BCUT2D eigenvalue weighted by molar-refractivity contribution is -0.131. The topological polar surface area (TPSA) is 82.6 Å². The van der Waals surface area contributed by atoms with Crippen molar-refractivity contribution in [2.24, 2.45) is 0 Å². The third-order valence-corrected chi connectivity index (χ3v) is 4.43. The van der Waals surface area contributed by atoms with Crippen LogP contribution in [0.1, 0.15) is 27.6 Å². The van der Waals surface area contributed by atoms with Gasteiger partial charge in [0.2, 0.25) is 5.12 Å². The van der Waals surface area contributed by atoms with Crippen LogP contribution >= 0.6 is 11.8 Å². The van der Waals surface area contributed by atoms with Crippen LogP contribution in [0, 0.1) is 0 Å². The molecule has 3 rings (SSSR count). The Balaban J connectivity index is 1.67. The lowest BCUT2D eigenvalue weighted by atomic mass is 10.2. The van der Waals surface area contributed by atoms with Crippen LogP contribution in [0.2, 0.25) is 0 Å². The van der Waals surface area contributed by atoms with Crippen molar-refractivity contribution in [3.63, 3.8) is 0 Å². The SMILES string of the molecule is CC(=O)Oc1ccccc1C(=O)Oc1ccc(SC(=O)c2cccnc2)cc1. The van der Waals surface area contributed by atoms with E-state index in [-0.39, 0.29) is 16.4 Å². The summed E-state index contributed by atoms with van der Waals surface area (Å²) in [5.41, 5.74) is 0.646. The van der Waals surface area contributed by atoms with Gasteiger partial charge in [0.15, 0.2) is 0 Å². The number of thioether (sulfide) groups is 1. The Bertz CT molecular complexity index is 1000. The monoisotopic (exact) mass is 393 g/mol. The summed E-state index contributed by atoms with van der Waals surface area (Å²) >= 11 is 1.05. The van der Waals surface area contributed by atoms with E-state index in [1.165, 1.54) is 25.3 Å². The molecule has 28 heavy (non-hydrogen) atoms. The number of carbonyl (C=O) groups excluding carboxylic acids is 3. The van der Waals surface area contributed by atoms with E-state index in [9.17, 15) is 14.4 Å². The van der Waals surface area contributed by atoms with Crippen LogP contribution < -0.4 is 9.47 Å². The van der Waals surface area contributed by atoms with Crippen molar-refractivity contribution in [3.8, 4) is 11.5 Å². The molecule has 3 aromatic rings. The number of aromatic nitrogens is 1. The zero-order valence-corrected chi connectivity index (χ0v) is 15.6. The second-order valence-electron chi connectivity index (χ2n) is 5.58. The van der Waals surface area contributed by atoms with Crippen molar-refractivity contribution in [2.45, 2.75) is 11.8 Å². The predicted molar refractivity (Wildman–Crippen MR) is 104 cm³/mol. The molecule has 0 amide bonds. The highest BCUT2D eigenvalue weighted by atomic mass is 32.2. The largest absolute Gasteiger partial charge is 0.426 e. The molecule has 0 aliphatic rings. The number of nitrogens with zero attached hydrogens (tertiary/aromatic N) is 1. The molecule has 0 aliphatic heterocycles. The predicted octanol–water partition coefficient (Wildman–Crippen LogP) is 4.16. The van der Waals surface area contributed by atoms with E-state index in [2.05, 4.69) is 4.98 Å². The van der Waals surface area contributed by atoms with Gasteiger partial charge in [-0.05, 0) is 60.3 Å². The lowest BCUT2D eigenvalue weighted by Gasteiger charge is -2.09. The number of ether oxygens (including phenoxy) is 2. The number of esters is 2. The Kier molecular flexibility index (Phi) is 6.18. The van der Waals surface area contributed by atoms with Gasteiger partial charge in [-0.25, -0.2) is 4.79 Å². The molecule has 0 saturated carbocycles. The fraction of sp³-hybridized carbons (Fsp3) is 0.0476. The molecule has 0 atom stereocenters. The molecule has 6 nitrogen and oxygen atoms in total. The van der Waals surface area contributed by atoms with E-state index in [1.54, 1.807) is 54.7 Å². The smallest absolute Gasteiger partial charge is 0.347 e. The number of pyridine rings is 1. The third-order valence-electron chi connectivity index (χ3n) is 3.50. The Morgan fingerprint density at radius 3 is 2.32 bits per heavy atom. The maximum Gasteiger partial charge on any atom is 0.347 e. The van der Waals surface area contributed by atoms with E-state index in [4.69, 9.17) is 9.47 Å². The molecule has 0 spiro atoms. The summed E-state index contributed by atoms with van der Waals surface area (Å²) in [4.78, 5) is 40.4. The average molecular weight is 393 g/mol. The molecule has 0 unspecified atom stereocenters. The van der Waals surface area contributed by atoms with Crippen molar-refractivity contribution in [1.29, 1.82) is 0 Å². The minimum atomic E-state index is -0.649. The molecule has 0 bridgehead atoms. The van der Waals surface area contributed by atoms with Gasteiger partial charge in [-0.3, -0.25) is 14.6 Å². The van der Waals surface area contributed by atoms with Crippen molar-refractivity contribution in [1.82, 2.24) is 4.98 Å². The highest BCUT2D eigenvalue weighted by Gasteiger charge is 2.16. The summed E-state index contributed by atoms with van der Waals surface area (Å²) < 4.78 is 10.4. The summed E-state index contributed by atoms with van der Waals surface area (Å²) in [6.45, 7) is 1.26. The lowest BCUT2D eigenvalue weighted by Crippen LogP contribution is -2.12. The summed E-state index contributed by atoms with van der Waals surface area (Å²) in [6.07, 6.45) is 3.11. The second-order valence-corrected chi connectivity index (χ2v) is 6.63. The van der Waals surface area contributed by atoms with Gasteiger partial charge in [0.1, 0.15) is 17.1 Å². The molecule has 0 saturated heterocycles. The fourth-order valence-corrected chi connectivity index (χ4v) is 2.99. The number of benzene rings is 2. The number of hydrogen-bond acceptors (Lipinski definition) is 7. The quantitative estimate of drug-likeness (QED) is 0.366. The Hall–Kier alpha value is -3.45. The fourth-order valence-electron chi connectivity index (χ4n) is 2.27. The van der Waals surface area contributed by atoms with Gasteiger partial charge in [0.05, 0.1) is 0 Å². The van der Waals surface area contributed by atoms with E-state index < -0.39 is 11.9 Å². The molecule has 1 aromatic heterocycles. The normalized spacial score (nSPS) is 10.2. The molecule has 0 aliphatic carbocycles. The number of rotatable bonds is 5. The number of hydrogen-bond donors (Lipinski definition) is 0. The first kappa shape index (κ1) is 19.3. The molecule has 0 N–H and O–H groups in total. The molecule has 0 radical (unpaired) electrons. The molecule has 140 valence electrons. The van der Waals surface area contributed by atoms with E-state index in [0.29, 0.717) is 16.2 Å². The molecule has 0 fully saturated rings. The summed E-state index contributed by atoms with van der Waals surface area (Å²) in [7, 11) is 0. The van der Waals surface area contributed by atoms with Crippen LogP contribution in [-0.2, 0) is 4.79 Å². The summed E-state index contributed by atoms with van der Waals surface area (Å²) in [6, 6.07) is 16.3. The average Bonchev–Trinajstić information content (AvgIpc) is 2.70. The maximum atomic E-state index is 12.4. The zero-order chi connectivity index (χ0) is 19.9. The Morgan fingerprint density at radius 1 is 0.893 bits per heavy atom. The molecular weight excluding hydrogens is 378 g/mol. The highest BCUT2D eigenvalue weighted by Crippen LogP contribution is 2.26. The van der Waals surface area contributed by atoms with Crippen molar-refractivity contribution in [2.75, 3.05) is 0 Å². The van der Waals surface area contributed by atoms with Gasteiger partial charge >= 0.3 is 11.9 Å². The van der Waals surface area contributed by atoms with Gasteiger partial charge in [-0.1, -0.05) is 12.1 Å². The Morgan fingerprint density at radius 2 is 1.64 bits per heavy atom. The van der Waals surface area contributed by atoms with Crippen molar-refractivity contribution < 1.29 is 23.9 Å². The first-order valence-corrected chi connectivity index (χ1v) is 9.06. The zero-order valence-electron chi connectivity index (χ0n) is 14.8. The third kappa shape index (κ3) is 5.05. The van der Waals surface area contributed by atoms with Gasteiger partial charge in [0.25, 0.3) is 0 Å². The van der Waals surface area contributed by atoms with Crippen molar-refractivity contribution >= 4 is 28.8 Å². The standard InChI is InChI=1S/C21H15NO5S/c1-14(23)26-19-7-3-2-6-18(19)20(24)27-16-8-10-17(11-9-16)28-21(25)15-5-4-12-22-13-15/h2-13H,1H3. The Labute approximate surface area is 165 Å². The summed E-state index contributed by atoms with van der Waals surface area (Å²) in [5, 5.41) is -0.131. The minimum absolute atomic E-state index is 0.131. The van der Waals surface area contributed by atoms with Crippen LogP contribution in [0.5, 0.6) is 11.5 Å². The molecule has 1 heterocycles. The van der Waals surface area contributed by atoms with Gasteiger partial charge in [-0.2, -0.15) is 0 Å². The van der Waals surface area contributed by atoms with Gasteiger partial charge in [0, 0.05) is 29.8 Å². The van der Waals surface area contributed by atoms with Crippen LogP contribution in [0.15, 0.2) is 78.0 Å². The number of para-hydroxylation sites is 1. The van der Waals surface area contributed by atoms with Crippen molar-refractivity contribution in [3.05, 3.63) is 84.2 Å². The van der Waals surface area contributed by atoms with E-state index in [0.717, 1.165) is 11.8 Å². The summed E-state index contributed by atoms with van der Waals surface area (Å²) in [5.74, 6) is -0.737. The molecule has 2 aromatic carbocycles. The van der Waals surface area contributed by atoms with E-state index >= 15 is 0 Å². The second kappa shape index (κ2) is 8.96. The van der Waals surface area contributed by atoms with Gasteiger partial charge in [-0.15, -0.1) is 0 Å². The van der Waals surface area contributed by atoms with Crippen LogP contribution in [-0.4, -0.2) is 22.0 Å². The molecular formula is C21H15NO5S. The first-order valence-electron chi connectivity index (χ1n) is 8.25. The van der Waals surface area contributed by atoms with Gasteiger partial charge < -0.3 is 9.47 Å². The maximum absolute atomic E-state index is 12.4.